The van der Waals surface area contributed by atoms with Crippen LogP contribution < -0.4 is 0 Å². The van der Waals surface area contributed by atoms with E-state index in [-0.39, 0.29) is 0 Å². The Morgan fingerprint density at radius 1 is 1.26 bits per heavy atom. The number of fused-ring (bicyclic) bond motifs is 1. The lowest BCUT2D eigenvalue weighted by Crippen LogP contribution is -2.10. The molecular formula is C17H16N4O2. The number of pyridine rings is 1. The van der Waals surface area contributed by atoms with Crippen molar-refractivity contribution in [3.05, 3.63) is 29.8 Å². The summed E-state index contributed by atoms with van der Waals surface area (Å²) in [7, 11) is 0. The predicted octanol–water partition coefficient (Wildman–Crippen LogP) is 3.87. The summed E-state index contributed by atoms with van der Waals surface area (Å²) in [4.78, 5) is 8.48. The van der Waals surface area contributed by atoms with Crippen molar-refractivity contribution in [3.63, 3.8) is 0 Å². The molecule has 6 nitrogen and oxygen atoms in total. The van der Waals surface area contributed by atoms with Gasteiger partial charge in [0.1, 0.15) is 11.7 Å². The molecule has 23 heavy (non-hydrogen) atoms. The van der Waals surface area contributed by atoms with Gasteiger partial charge in [0.05, 0.1) is 5.39 Å². The lowest BCUT2D eigenvalue weighted by atomic mass is 9.87. The minimum Gasteiger partial charge on any atom is -0.451 e. The number of nitriles is 1. The van der Waals surface area contributed by atoms with Crippen molar-refractivity contribution in [2.75, 3.05) is 0 Å². The van der Waals surface area contributed by atoms with Gasteiger partial charge in [-0.25, -0.2) is 4.98 Å². The van der Waals surface area contributed by atoms with Crippen molar-refractivity contribution >= 4 is 11.0 Å². The molecule has 1 fully saturated rings. The number of hydrogen-bond acceptors (Lipinski definition) is 6. The van der Waals surface area contributed by atoms with Gasteiger partial charge in [-0.2, -0.15) is 10.2 Å². The van der Waals surface area contributed by atoms with Crippen LogP contribution in [0.3, 0.4) is 0 Å². The average molecular weight is 308 g/mol. The van der Waals surface area contributed by atoms with Gasteiger partial charge in [0.15, 0.2) is 17.3 Å². The summed E-state index contributed by atoms with van der Waals surface area (Å²) in [5.74, 6) is 2.22. The molecule has 0 bridgehead atoms. The maximum absolute atomic E-state index is 9.10. The number of hydrogen-bond donors (Lipinski definition) is 0. The van der Waals surface area contributed by atoms with E-state index in [9.17, 15) is 0 Å². The van der Waals surface area contributed by atoms with Gasteiger partial charge in [-0.3, -0.25) is 0 Å². The van der Waals surface area contributed by atoms with Gasteiger partial charge in [0.25, 0.3) is 5.89 Å². The van der Waals surface area contributed by atoms with Crippen LogP contribution in [0.5, 0.6) is 0 Å². The molecule has 0 aliphatic heterocycles. The molecule has 6 heteroatoms. The van der Waals surface area contributed by atoms with E-state index in [4.69, 9.17) is 14.2 Å². The van der Waals surface area contributed by atoms with E-state index < -0.39 is 0 Å². The Labute approximate surface area is 133 Å². The summed E-state index contributed by atoms with van der Waals surface area (Å²) in [6.45, 7) is 0. The van der Waals surface area contributed by atoms with Crippen LogP contribution >= 0.6 is 0 Å². The van der Waals surface area contributed by atoms with Crippen LogP contribution in [-0.2, 0) is 6.42 Å². The summed E-state index contributed by atoms with van der Waals surface area (Å²) in [5.41, 5.74) is 0.929. The number of furan rings is 1. The summed E-state index contributed by atoms with van der Waals surface area (Å²) >= 11 is 0. The topological polar surface area (TPSA) is 88.7 Å². The van der Waals surface area contributed by atoms with Gasteiger partial charge in [-0.1, -0.05) is 37.3 Å². The molecule has 0 atom stereocenters. The lowest BCUT2D eigenvalue weighted by molar-refractivity contribution is 0.343. The van der Waals surface area contributed by atoms with Crippen LogP contribution in [0.25, 0.3) is 22.6 Å². The highest BCUT2D eigenvalue weighted by atomic mass is 16.5. The Morgan fingerprint density at radius 3 is 2.96 bits per heavy atom. The third-order valence-corrected chi connectivity index (χ3v) is 4.43. The maximum Gasteiger partial charge on any atom is 0.293 e. The average Bonchev–Trinajstić information content (AvgIpc) is 3.21. The molecule has 1 aliphatic rings. The van der Waals surface area contributed by atoms with Gasteiger partial charge in [0.2, 0.25) is 0 Å². The van der Waals surface area contributed by atoms with Crippen molar-refractivity contribution in [2.45, 2.75) is 38.5 Å². The van der Waals surface area contributed by atoms with Crippen LogP contribution in [0, 0.1) is 17.2 Å². The van der Waals surface area contributed by atoms with Gasteiger partial charge in [0, 0.05) is 18.7 Å². The Balaban J connectivity index is 1.60. The number of rotatable bonds is 3. The number of nitrogens with zero attached hydrogens (tertiary/aromatic N) is 4. The zero-order valence-corrected chi connectivity index (χ0v) is 12.7. The molecule has 3 aromatic heterocycles. The smallest absolute Gasteiger partial charge is 0.293 e. The first kappa shape index (κ1) is 13.9. The molecule has 0 saturated heterocycles. The van der Waals surface area contributed by atoms with Crippen molar-refractivity contribution in [3.8, 4) is 17.7 Å². The molecular weight excluding hydrogens is 292 g/mol. The van der Waals surface area contributed by atoms with E-state index >= 15 is 0 Å². The fraction of sp³-hybridized carbons (Fsp3) is 0.412. The third kappa shape index (κ3) is 2.70. The van der Waals surface area contributed by atoms with Crippen molar-refractivity contribution in [1.82, 2.24) is 15.1 Å². The molecule has 0 N–H and O–H groups in total. The molecule has 116 valence electrons. The van der Waals surface area contributed by atoms with Gasteiger partial charge in [-0.15, -0.1) is 0 Å². The Bertz CT molecular complexity index is 868. The van der Waals surface area contributed by atoms with Crippen LogP contribution in [0.15, 0.2) is 27.3 Å². The van der Waals surface area contributed by atoms with Crippen molar-refractivity contribution < 1.29 is 8.94 Å². The molecule has 1 saturated carbocycles. The van der Waals surface area contributed by atoms with Gasteiger partial charge >= 0.3 is 0 Å². The number of aromatic nitrogens is 3. The Hall–Kier alpha value is -2.68. The van der Waals surface area contributed by atoms with E-state index in [1.54, 1.807) is 18.3 Å². The van der Waals surface area contributed by atoms with Crippen molar-refractivity contribution in [2.24, 2.45) is 5.92 Å². The predicted molar refractivity (Wildman–Crippen MR) is 82.3 cm³/mol. The minimum absolute atomic E-state index is 0.333. The molecule has 1 aliphatic carbocycles. The maximum atomic E-state index is 9.10. The molecule has 3 heterocycles. The SMILES string of the molecule is N#Cc1nccc2oc(-c3nc(CC4CCCCC4)no3)cc12. The minimum atomic E-state index is 0.333. The second kappa shape index (κ2) is 5.84. The van der Waals surface area contributed by atoms with Crippen molar-refractivity contribution in [1.29, 1.82) is 5.26 Å². The van der Waals surface area contributed by atoms with E-state index in [0.717, 1.165) is 12.2 Å². The van der Waals surface area contributed by atoms with E-state index in [2.05, 4.69) is 21.2 Å². The summed E-state index contributed by atoms with van der Waals surface area (Å²) in [6, 6.07) is 5.51. The summed E-state index contributed by atoms with van der Waals surface area (Å²) in [6.07, 6.45) is 8.82. The monoisotopic (exact) mass is 308 g/mol. The van der Waals surface area contributed by atoms with E-state index in [1.165, 1.54) is 32.1 Å². The molecule has 0 radical (unpaired) electrons. The zero-order valence-electron chi connectivity index (χ0n) is 12.7. The van der Waals surface area contributed by atoms with Gasteiger partial charge in [-0.05, 0) is 12.0 Å². The molecule has 3 aromatic rings. The second-order valence-corrected chi connectivity index (χ2v) is 6.02. The Kier molecular flexibility index (Phi) is 3.54. The Morgan fingerprint density at radius 2 is 2.13 bits per heavy atom. The molecule has 4 rings (SSSR count). The second-order valence-electron chi connectivity index (χ2n) is 6.02. The molecule has 0 unspecified atom stereocenters. The van der Waals surface area contributed by atoms with Gasteiger partial charge < -0.3 is 8.94 Å². The molecule has 0 amide bonds. The first-order chi connectivity index (χ1) is 11.3. The summed E-state index contributed by atoms with van der Waals surface area (Å²) in [5, 5.41) is 13.8. The molecule has 0 spiro atoms. The van der Waals surface area contributed by atoms with Crippen LogP contribution in [0.1, 0.15) is 43.6 Å². The fourth-order valence-corrected chi connectivity index (χ4v) is 3.24. The third-order valence-electron chi connectivity index (χ3n) is 4.43. The highest BCUT2D eigenvalue weighted by Gasteiger charge is 2.19. The normalized spacial score (nSPS) is 15.8. The molecule has 0 aromatic carbocycles. The summed E-state index contributed by atoms with van der Waals surface area (Å²) < 4.78 is 11.0. The first-order valence-electron chi connectivity index (χ1n) is 7.95. The lowest BCUT2D eigenvalue weighted by Gasteiger charge is -2.19. The standard InChI is InChI=1S/C17H16N4O2/c18-10-13-12-9-15(22-14(12)6-7-19-13)17-20-16(21-23-17)8-11-4-2-1-3-5-11/h6-7,9,11H,1-5,8H2. The van der Waals surface area contributed by atoms with E-state index in [1.807, 2.05) is 0 Å². The van der Waals surface area contributed by atoms with Crippen LogP contribution in [-0.4, -0.2) is 15.1 Å². The zero-order chi connectivity index (χ0) is 15.6. The van der Waals surface area contributed by atoms with Crippen LogP contribution in [0.2, 0.25) is 0 Å². The largest absolute Gasteiger partial charge is 0.451 e. The fourth-order valence-electron chi connectivity index (χ4n) is 3.24. The quantitative estimate of drug-likeness (QED) is 0.729. The van der Waals surface area contributed by atoms with Crippen LogP contribution in [0.4, 0.5) is 0 Å². The van der Waals surface area contributed by atoms with E-state index in [0.29, 0.717) is 34.2 Å². The first-order valence-corrected chi connectivity index (χ1v) is 7.95. The highest BCUT2D eigenvalue weighted by Crippen LogP contribution is 2.29. The highest BCUT2D eigenvalue weighted by molar-refractivity contribution is 5.85.